The zero-order valence-corrected chi connectivity index (χ0v) is 14.3. The minimum atomic E-state index is 0.639. The molecule has 2 heteroatoms. The highest BCUT2D eigenvalue weighted by Crippen LogP contribution is 2.44. The maximum atomic E-state index is 3.62. The van der Waals surface area contributed by atoms with Gasteiger partial charge in [0.15, 0.2) is 0 Å². The molecule has 0 aromatic rings. The third-order valence-corrected chi connectivity index (χ3v) is 5.19. The SMILES string of the molecule is CC(C)CC1(CN2CC(C)CNCC(C)C2)CCCC1. The Hall–Kier alpha value is -0.0800. The molecule has 0 amide bonds. The van der Waals surface area contributed by atoms with Crippen molar-refractivity contribution in [2.24, 2.45) is 23.2 Å². The molecule has 2 unspecified atom stereocenters. The molecule has 1 aliphatic carbocycles. The molecule has 0 spiro atoms. The molecule has 2 atom stereocenters. The van der Waals surface area contributed by atoms with Gasteiger partial charge in [-0.1, -0.05) is 40.5 Å². The van der Waals surface area contributed by atoms with E-state index in [1.807, 2.05) is 0 Å². The molecule has 1 saturated heterocycles. The molecule has 1 aliphatic heterocycles. The maximum Gasteiger partial charge on any atom is 0.00383 e. The summed E-state index contributed by atoms with van der Waals surface area (Å²) in [6.45, 7) is 15.9. The summed E-state index contributed by atoms with van der Waals surface area (Å²) in [5.41, 5.74) is 0.639. The summed E-state index contributed by atoms with van der Waals surface area (Å²) in [4.78, 5) is 2.81. The summed E-state index contributed by atoms with van der Waals surface area (Å²) in [6, 6.07) is 0. The number of nitrogens with zero attached hydrogens (tertiary/aromatic N) is 1. The second-order valence-electron chi connectivity index (χ2n) is 8.37. The topological polar surface area (TPSA) is 15.3 Å². The third kappa shape index (κ3) is 4.73. The number of rotatable bonds is 4. The molecule has 0 radical (unpaired) electrons. The van der Waals surface area contributed by atoms with Crippen LogP contribution in [0.3, 0.4) is 0 Å². The Morgan fingerprint density at radius 1 is 1.05 bits per heavy atom. The normalized spacial score (nSPS) is 32.2. The van der Waals surface area contributed by atoms with Crippen molar-refractivity contribution in [2.75, 3.05) is 32.7 Å². The average molecular weight is 280 g/mol. The van der Waals surface area contributed by atoms with Crippen LogP contribution in [0.4, 0.5) is 0 Å². The fourth-order valence-corrected chi connectivity index (χ4v) is 4.68. The van der Waals surface area contributed by atoms with Gasteiger partial charge in [0.25, 0.3) is 0 Å². The zero-order valence-electron chi connectivity index (χ0n) is 14.3. The van der Waals surface area contributed by atoms with Crippen molar-refractivity contribution in [2.45, 2.75) is 59.8 Å². The van der Waals surface area contributed by atoms with E-state index in [9.17, 15) is 0 Å². The molecular formula is C18H36N2. The van der Waals surface area contributed by atoms with E-state index >= 15 is 0 Å². The van der Waals surface area contributed by atoms with Gasteiger partial charge in [0.1, 0.15) is 0 Å². The van der Waals surface area contributed by atoms with Gasteiger partial charge >= 0.3 is 0 Å². The highest BCUT2D eigenvalue weighted by molar-refractivity contribution is 4.89. The van der Waals surface area contributed by atoms with Crippen molar-refractivity contribution in [3.05, 3.63) is 0 Å². The highest BCUT2D eigenvalue weighted by Gasteiger charge is 2.36. The maximum absolute atomic E-state index is 3.62. The summed E-state index contributed by atoms with van der Waals surface area (Å²) < 4.78 is 0. The predicted molar refractivity (Wildman–Crippen MR) is 88.0 cm³/mol. The fraction of sp³-hybridized carbons (Fsp3) is 1.00. The van der Waals surface area contributed by atoms with Crippen LogP contribution in [0.25, 0.3) is 0 Å². The Kier molecular flexibility index (Phi) is 5.92. The van der Waals surface area contributed by atoms with Gasteiger partial charge in [-0.25, -0.2) is 0 Å². The van der Waals surface area contributed by atoms with E-state index in [1.54, 1.807) is 0 Å². The lowest BCUT2D eigenvalue weighted by atomic mass is 9.78. The van der Waals surface area contributed by atoms with Crippen molar-refractivity contribution in [3.8, 4) is 0 Å². The Morgan fingerprint density at radius 3 is 2.10 bits per heavy atom. The van der Waals surface area contributed by atoms with E-state index in [0.717, 1.165) is 17.8 Å². The van der Waals surface area contributed by atoms with Gasteiger partial charge in [-0.15, -0.1) is 0 Å². The van der Waals surface area contributed by atoms with Crippen molar-refractivity contribution >= 4 is 0 Å². The van der Waals surface area contributed by atoms with E-state index in [1.165, 1.54) is 64.8 Å². The Balaban J connectivity index is 1.99. The molecule has 2 aliphatic rings. The third-order valence-electron chi connectivity index (χ3n) is 5.19. The molecule has 1 heterocycles. The second kappa shape index (κ2) is 7.26. The first-order valence-corrected chi connectivity index (χ1v) is 8.92. The lowest BCUT2D eigenvalue weighted by Gasteiger charge is -2.40. The molecule has 118 valence electrons. The van der Waals surface area contributed by atoms with Gasteiger partial charge in [0.05, 0.1) is 0 Å². The van der Waals surface area contributed by atoms with Crippen LogP contribution < -0.4 is 5.32 Å². The van der Waals surface area contributed by atoms with Gasteiger partial charge in [0, 0.05) is 19.6 Å². The number of hydrogen-bond acceptors (Lipinski definition) is 2. The zero-order chi connectivity index (χ0) is 14.6. The molecule has 1 N–H and O–H groups in total. The minimum Gasteiger partial charge on any atom is -0.316 e. The van der Waals surface area contributed by atoms with E-state index in [4.69, 9.17) is 0 Å². The molecule has 0 aromatic carbocycles. The van der Waals surface area contributed by atoms with Crippen molar-refractivity contribution < 1.29 is 0 Å². The monoisotopic (exact) mass is 280 g/mol. The summed E-state index contributed by atoms with van der Waals surface area (Å²) in [7, 11) is 0. The molecule has 0 aromatic heterocycles. The summed E-state index contributed by atoms with van der Waals surface area (Å²) in [5, 5.41) is 3.62. The standard InChI is InChI=1S/C18H36N2/c1-15(2)9-18(7-5-6-8-18)14-20-12-16(3)10-19-11-17(4)13-20/h15-17,19H,5-14H2,1-4H3. The van der Waals surface area contributed by atoms with Crippen LogP contribution in [-0.4, -0.2) is 37.6 Å². The lowest BCUT2D eigenvalue weighted by molar-refractivity contribution is 0.0963. The smallest absolute Gasteiger partial charge is 0.00383 e. The Bertz CT molecular complexity index is 269. The van der Waals surface area contributed by atoms with Gasteiger partial charge in [-0.05, 0) is 55.5 Å². The van der Waals surface area contributed by atoms with Crippen LogP contribution >= 0.6 is 0 Å². The van der Waals surface area contributed by atoms with E-state index < -0.39 is 0 Å². The molecule has 1 saturated carbocycles. The van der Waals surface area contributed by atoms with Crippen molar-refractivity contribution in [1.82, 2.24) is 10.2 Å². The number of nitrogens with one attached hydrogen (secondary N) is 1. The van der Waals surface area contributed by atoms with Crippen molar-refractivity contribution in [3.63, 3.8) is 0 Å². The number of hydrogen-bond donors (Lipinski definition) is 1. The summed E-state index contributed by atoms with van der Waals surface area (Å²) in [6.07, 6.45) is 7.32. The second-order valence-corrected chi connectivity index (χ2v) is 8.37. The highest BCUT2D eigenvalue weighted by atomic mass is 15.1. The predicted octanol–water partition coefficient (Wildman–Crippen LogP) is 3.77. The summed E-state index contributed by atoms with van der Waals surface area (Å²) >= 11 is 0. The van der Waals surface area contributed by atoms with Crippen LogP contribution in [0.15, 0.2) is 0 Å². The van der Waals surface area contributed by atoms with Crippen LogP contribution in [0.2, 0.25) is 0 Å². The molecular weight excluding hydrogens is 244 g/mol. The largest absolute Gasteiger partial charge is 0.316 e. The summed E-state index contributed by atoms with van der Waals surface area (Å²) in [5.74, 6) is 2.43. The fourth-order valence-electron chi connectivity index (χ4n) is 4.68. The average Bonchev–Trinajstić information content (AvgIpc) is 2.74. The molecule has 2 rings (SSSR count). The van der Waals surface area contributed by atoms with Gasteiger partial charge in [-0.2, -0.15) is 0 Å². The van der Waals surface area contributed by atoms with Crippen LogP contribution in [0, 0.1) is 23.2 Å². The van der Waals surface area contributed by atoms with E-state index in [0.29, 0.717) is 5.41 Å². The molecule has 2 nitrogen and oxygen atoms in total. The van der Waals surface area contributed by atoms with E-state index in [-0.39, 0.29) is 0 Å². The quantitative estimate of drug-likeness (QED) is 0.843. The van der Waals surface area contributed by atoms with Crippen LogP contribution in [0.5, 0.6) is 0 Å². The van der Waals surface area contributed by atoms with E-state index in [2.05, 4.69) is 37.9 Å². The van der Waals surface area contributed by atoms with Crippen LogP contribution in [-0.2, 0) is 0 Å². The molecule has 20 heavy (non-hydrogen) atoms. The molecule has 0 bridgehead atoms. The van der Waals surface area contributed by atoms with Gasteiger partial charge in [0.2, 0.25) is 0 Å². The Morgan fingerprint density at radius 2 is 1.60 bits per heavy atom. The minimum absolute atomic E-state index is 0.639. The van der Waals surface area contributed by atoms with Crippen LogP contribution in [0.1, 0.15) is 59.8 Å². The first kappa shape index (κ1) is 16.3. The lowest BCUT2D eigenvalue weighted by Crippen LogP contribution is -2.46. The first-order chi connectivity index (χ1) is 9.49. The first-order valence-electron chi connectivity index (χ1n) is 8.92. The van der Waals surface area contributed by atoms with Gasteiger partial charge < -0.3 is 10.2 Å². The molecule has 2 fully saturated rings. The van der Waals surface area contributed by atoms with Gasteiger partial charge in [-0.3, -0.25) is 0 Å². The van der Waals surface area contributed by atoms with Crippen molar-refractivity contribution in [1.29, 1.82) is 0 Å². The Labute approximate surface area is 126 Å².